The van der Waals surface area contributed by atoms with Crippen LogP contribution in [0.25, 0.3) is 18.7 Å². The van der Waals surface area contributed by atoms with Crippen LogP contribution in [0.5, 0.6) is 0 Å². The largest absolute Gasteiger partial charge is 3.00 e. The first kappa shape index (κ1) is 22.1. The molecule has 28 heavy (non-hydrogen) atoms. The third kappa shape index (κ3) is 3.69. The van der Waals surface area contributed by atoms with Gasteiger partial charge < -0.3 is 10.2 Å². The summed E-state index contributed by atoms with van der Waals surface area (Å²) < 4.78 is 0. The molecule has 1 radical (unpaired) electrons. The number of benzene rings is 3. The van der Waals surface area contributed by atoms with Crippen LogP contribution in [0, 0.1) is 10.4 Å². The Hall–Kier alpha value is -2.23. The van der Waals surface area contributed by atoms with E-state index in [1.165, 1.54) is 37.9 Å². The van der Waals surface area contributed by atoms with E-state index in [1.807, 2.05) is 0 Å². The van der Waals surface area contributed by atoms with E-state index in [1.54, 1.807) is 0 Å². The minimum Gasteiger partial charge on any atom is -0.857 e. The van der Waals surface area contributed by atoms with Gasteiger partial charge in [-0.1, -0.05) is 84.1 Å². The molecular weight excluding hydrogens is 380 g/mol. The van der Waals surface area contributed by atoms with Crippen molar-refractivity contribution in [3.8, 4) is 0 Å². The van der Waals surface area contributed by atoms with Crippen molar-refractivity contribution >= 4 is 18.7 Å². The maximum Gasteiger partial charge on any atom is 3.00 e. The molecule has 0 spiro atoms. The zero-order valence-electron chi connectivity index (χ0n) is 16.0. The summed E-state index contributed by atoms with van der Waals surface area (Å²) in [5.41, 5.74) is 5.18. The standard InChI is InChI=1S/C23H15.2CH3O.Ti/c1-15-10-12-20-19-9-5-3-7-17(19)14-22(20)23(15)21-13-11-16-6-2-4-8-18(16)21;2*1-2;/h2-13,21H,1H2;2*1H3;/q3*-1;+3. The average molecular weight is 401 g/mol. The van der Waals surface area contributed by atoms with Crippen molar-refractivity contribution in [2.75, 3.05) is 14.2 Å². The molecule has 1 atom stereocenters. The van der Waals surface area contributed by atoms with E-state index in [0.717, 1.165) is 19.4 Å². The van der Waals surface area contributed by atoms with Gasteiger partial charge in [-0.05, 0) is 11.1 Å². The monoisotopic (exact) mass is 401 g/mol. The third-order valence-electron chi connectivity index (χ3n) is 4.92. The van der Waals surface area contributed by atoms with Crippen LogP contribution in [0.4, 0.5) is 0 Å². The zero-order valence-corrected chi connectivity index (χ0v) is 17.6. The summed E-state index contributed by atoms with van der Waals surface area (Å²) in [4.78, 5) is 0. The van der Waals surface area contributed by atoms with E-state index < -0.39 is 0 Å². The van der Waals surface area contributed by atoms with Crippen molar-refractivity contribution in [1.82, 2.24) is 0 Å². The smallest absolute Gasteiger partial charge is 0.857 e. The fourth-order valence-electron chi connectivity index (χ4n) is 3.84. The summed E-state index contributed by atoms with van der Waals surface area (Å²) in [5.74, 6) is 0.274. The van der Waals surface area contributed by atoms with Crippen molar-refractivity contribution in [1.29, 1.82) is 0 Å². The Kier molecular flexibility index (Phi) is 7.73. The summed E-state index contributed by atoms with van der Waals surface area (Å²) in [6, 6.07) is 21.4. The molecular formula is C25H21O2Ti. The van der Waals surface area contributed by atoms with E-state index in [2.05, 4.69) is 85.5 Å². The van der Waals surface area contributed by atoms with Crippen LogP contribution in [0.1, 0.15) is 28.2 Å². The maximum absolute atomic E-state index is 8.25. The van der Waals surface area contributed by atoms with E-state index in [9.17, 15) is 0 Å². The molecule has 137 valence electrons. The molecule has 2 aliphatic carbocycles. The Labute approximate surface area is 180 Å². The summed E-state index contributed by atoms with van der Waals surface area (Å²) in [5, 5.41) is 21.3. The molecule has 0 aromatic heterocycles. The van der Waals surface area contributed by atoms with Gasteiger partial charge in [-0.25, -0.2) is 0 Å². The van der Waals surface area contributed by atoms with Crippen LogP contribution >= 0.6 is 0 Å². The molecule has 0 bridgehead atoms. The Balaban J connectivity index is 0.000000529. The van der Waals surface area contributed by atoms with Crippen LogP contribution in [-0.4, -0.2) is 14.2 Å². The molecule has 2 aliphatic rings. The van der Waals surface area contributed by atoms with Gasteiger partial charge in [-0.3, -0.25) is 0 Å². The summed E-state index contributed by atoms with van der Waals surface area (Å²) in [6.45, 7) is 4.30. The summed E-state index contributed by atoms with van der Waals surface area (Å²) >= 11 is 0. The molecule has 0 saturated carbocycles. The topological polar surface area (TPSA) is 46.1 Å². The van der Waals surface area contributed by atoms with Crippen LogP contribution in [0.2, 0.25) is 0 Å². The van der Waals surface area contributed by atoms with Crippen LogP contribution < -0.4 is 20.7 Å². The summed E-state index contributed by atoms with van der Waals surface area (Å²) in [7, 11) is 1.50. The minimum absolute atomic E-state index is 0. The molecule has 0 amide bonds. The van der Waals surface area contributed by atoms with Crippen molar-refractivity contribution < 1.29 is 31.9 Å². The van der Waals surface area contributed by atoms with Crippen LogP contribution in [0.15, 0.2) is 66.7 Å². The zero-order chi connectivity index (χ0) is 19.4. The van der Waals surface area contributed by atoms with E-state index in [0.29, 0.717) is 0 Å². The molecule has 5 rings (SSSR count). The van der Waals surface area contributed by atoms with Gasteiger partial charge in [0.1, 0.15) is 0 Å². The van der Waals surface area contributed by atoms with Gasteiger partial charge in [0.2, 0.25) is 0 Å². The second kappa shape index (κ2) is 9.81. The quantitative estimate of drug-likeness (QED) is 0.359. The predicted molar refractivity (Wildman–Crippen MR) is 107 cm³/mol. The predicted octanol–water partition coefficient (Wildman–Crippen LogP) is 1.51. The number of fused-ring (bicyclic) bond motifs is 3. The second-order valence-electron chi connectivity index (χ2n) is 6.20. The normalized spacial score (nSPS) is 14.1. The van der Waals surface area contributed by atoms with Crippen molar-refractivity contribution in [2.24, 2.45) is 0 Å². The molecule has 0 fully saturated rings. The van der Waals surface area contributed by atoms with Crippen molar-refractivity contribution in [3.05, 3.63) is 110 Å². The van der Waals surface area contributed by atoms with Crippen molar-refractivity contribution in [2.45, 2.75) is 5.92 Å². The minimum atomic E-state index is 0. The first-order chi connectivity index (χ1) is 13.3. The number of hydrogen-bond donors (Lipinski definition) is 0. The average Bonchev–Trinajstić information content (AvgIpc) is 3.32. The maximum atomic E-state index is 8.25. The Morgan fingerprint density at radius 1 is 0.821 bits per heavy atom. The Bertz CT molecular complexity index is 1200. The fraction of sp³-hybridized carbons (Fsp3) is 0.120. The summed E-state index contributed by atoms with van der Waals surface area (Å²) in [6.07, 6.45) is 8.14. The SMILES string of the molecule is C=c1ccc2c(c1C1C=Cc3ccccc31)[C-]=c1ccccc1=2.C[O-].C[O-].[Ti+3]. The molecule has 0 N–H and O–H groups in total. The molecule has 3 aromatic rings. The number of allylic oxidation sites excluding steroid dienone is 1. The van der Waals surface area contributed by atoms with Gasteiger partial charge in [-0.2, -0.15) is 14.2 Å². The molecule has 0 aliphatic heterocycles. The first-order valence-corrected chi connectivity index (χ1v) is 8.77. The molecule has 0 heterocycles. The first-order valence-electron chi connectivity index (χ1n) is 8.77. The van der Waals surface area contributed by atoms with Gasteiger partial charge in [-0.15, -0.1) is 33.4 Å². The van der Waals surface area contributed by atoms with E-state index >= 15 is 0 Å². The number of rotatable bonds is 1. The van der Waals surface area contributed by atoms with E-state index in [-0.39, 0.29) is 27.6 Å². The Morgan fingerprint density at radius 3 is 2.29 bits per heavy atom. The van der Waals surface area contributed by atoms with Gasteiger partial charge in [0.15, 0.2) is 0 Å². The fourth-order valence-corrected chi connectivity index (χ4v) is 3.84. The molecule has 2 nitrogen and oxygen atoms in total. The Morgan fingerprint density at radius 2 is 1.50 bits per heavy atom. The molecule has 0 saturated heterocycles. The second-order valence-corrected chi connectivity index (χ2v) is 6.20. The van der Waals surface area contributed by atoms with Gasteiger partial charge in [0, 0.05) is 5.92 Å². The third-order valence-corrected chi connectivity index (χ3v) is 4.92. The molecule has 3 heteroatoms. The van der Waals surface area contributed by atoms with Gasteiger partial charge in [0.25, 0.3) is 0 Å². The van der Waals surface area contributed by atoms with Crippen LogP contribution in [0.3, 0.4) is 0 Å². The van der Waals surface area contributed by atoms with Crippen molar-refractivity contribution in [3.63, 3.8) is 0 Å². The van der Waals surface area contributed by atoms with Gasteiger partial charge in [0.05, 0.1) is 0 Å². The molecule has 1 unspecified atom stereocenters. The van der Waals surface area contributed by atoms with Gasteiger partial charge >= 0.3 is 21.7 Å². The number of hydrogen-bond acceptors (Lipinski definition) is 2. The molecule has 3 aromatic carbocycles. The van der Waals surface area contributed by atoms with Crippen LogP contribution in [-0.2, 0) is 21.7 Å². The van der Waals surface area contributed by atoms with E-state index in [4.69, 9.17) is 10.2 Å².